The summed E-state index contributed by atoms with van der Waals surface area (Å²) in [4.78, 5) is 0. The fourth-order valence-electron chi connectivity index (χ4n) is 9.25. The Hall–Kier alpha value is -6.16. The van der Waals surface area contributed by atoms with E-state index in [1.165, 1.54) is 91.8 Å². The van der Waals surface area contributed by atoms with Crippen molar-refractivity contribution in [2.75, 3.05) is 0 Å². The van der Waals surface area contributed by atoms with Gasteiger partial charge in [0.2, 0.25) is 0 Å². The van der Waals surface area contributed by atoms with Crippen molar-refractivity contribution in [2.24, 2.45) is 0 Å². The Balaban J connectivity index is 1.26. The lowest BCUT2D eigenvalue weighted by Gasteiger charge is -2.39. The van der Waals surface area contributed by atoms with Crippen molar-refractivity contribution in [2.45, 2.75) is 5.41 Å². The van der Waals surface area contributed by atoms with Gasteiger partial charge >= 0.3 is 0 Å². The van der Waals surface area contributed by atoms with Crippen molar-refractivity contribution in [3.05, 3.63) is 186 Å². The molecule has 2 aromatic heterocycles. The largest absolute Gasteiger partial charge is 0.457 e. The van der Waals surface area contributed by atoms with E-state index in [0.29, 0.717) is 0 Å². The summed E-state index contributed by atoms with van der Waals surface area (Å²) < 4.78 is 12.1. The lowest BCUT2D eigenvalue weighted by atomic mass is 9.66. The van der Waals surface area contributed by atoms with Crippen molar-refractivity contribution in [1.82, 2.24) is 4.57 Å². The third-order valence-electron chi connectivity index (χ3n) is 11.2. The predicted octanol–water partition coefficient (Wildman–Crippen LogP) is 12.8. The smallest absolute Gasteiger partial charge is 0.133 e. The van der Waals surface area contributed by atoms with E-state index >= 15 is 0 Å². The molecule has 0 radical (unpaired) electrons. The first kappa shape index (κ1) is 26.8. The summed E-state index contributed by atoms with van der Waals surface area (Å²) in [6.07, 6.45) is 0. The molecule has 2 nitrogen and oxygen atoms in total. The van der Waals surface area contributed by atoms with Gasteiger partial charge in [-0.15, -0.1) is 11.3 Å². The molecule has 0 amide bonds. The number of para-hydroxylation sites is 1. The highest BCUT2D eigenvalue weighted by Gasteiger charge is 2.51. The second kappa shape index (κ2) is 9.50. The van der Waals surface area contributed by atoms with E-state index in [9.17, 15) is 0 Å². The van der Waals surface area contributed by atoms with E-state index in [0.717, 1.165) is 11.5 Å². The Bertz CT molecular complexity index is 3040. The maximum absolute atomic E-state index is 6.94. The van der Waals surface area contributed by atoms with E-state index in [1.54, 1.807) is 0 Å². The van der Waals surface area contributed by atoms with Gasteiger partial charge in [-0.2, -0.15) is 0 Å². The summed E-state index contributed by atoms with van der Waals surface area (Å²) in [6, 6.07) is 60.4. The first-order valence-electron chi connectivity index (χ1n) is 17.2. The Morgan fingerprint density at radius 1 is 0.440 bits per heavy atom. The molecule has 0 fully saturated rings. The van der Waals surface area contributed by atoms with Gasteiger partial charge in [-0.05, 0) is 64.0 Å². The zero-order valence-electron chi connectivity index (χ0n) is 26.9. The van der Waals surface area contributed by atoms with Crippen LogP contribution in [0.2, 0.25) is 0 Å². The number of nitrogens with zero attached hydrogens (tertiary/aromatic N) is 1. The molecule has 10 aromatic rings. The molecular weight excluding hydrogens is 627 g/mol. The van der Waals surface area contributed by atoms with Crippen LogP contribution in [0.1, 0.15) is 22.3 Å². The Kier molecular flexibility index (Phi) is 5.08. The molecule has 0 bridgehead atoms. The van der Waals surface area contributed by atoms with Gasteiger partial charge in [0, 0.05) is 53.1 Å². The molecular formula is C47H27NOS. The molecule has 50 heavy (non-hydrogen) atoms. The zero-order valence-corrected chi connectivity index (χ0v) is 27.7. The summed E-state index contributed by atoms with van der Waals surface area (Å²) in [5, 5.41) is 7.51. The molecule has 2 aliphatic rings. The minimum absolute atomic E-state index is 0.523. The Labute approximate surface area is 292 Å². The molecule has 1 spiro atoms. The number of aromatic nitrogens is 1. The monoisotopic (exact) mass is 653 g/mol. The number of hydrogen-bond acceptors (Lipinski definition) is 2. The van der Waals surface area contributed by atoms with Gasteiger partial charge in [-0.3, -0.25) is 0 Å². The van der Waals surface area contributed by atoms with Gasteiger partial charge in [0.1, 0.15) is 11.5 Å². The predicted molar refractivity (Wildman–Crippen MR) is 209 cm³/mol. The number of rotatable bonds is 1. The molecule has 3 heteroatoms. The first-order valence-corrected chi connectivity index (χ1v) is 18.0. The highest BCUT2D eigenvalue weighted by molar-refractivity contribution is 7.25. The van der Waals surface area contributed by atoms with Crippen LogP contribution >= 0.6 is 11.3 Å². The summed E-state index contributed by atoms with van der Waals surface area (Å²) in [5.41, 5.74) is 10.6. The maximum Gasteiger partial charge on any atom is 0.133 e. The molecule has 0 saturated carbocycles. The van der Waals surface area contributed by atoms with Gasteiger partial charge in [0.15, 0.2) is 0 Å². The van der Waals surface area contributed by atoms with Crippen LogP contribution in [0.3, 0.4) is 0 Å². The minimum Gasteiger partial charge on any atom is -0.457 e. The molecule has 1 aliphatic carbocycles. The zero-order chi connectivity index (χ0) is 32.6. The molecule has 232 valence electrons. The van der Waals surface area contributed by atoms with Crippen LogP contribution in [-0.2, 0) is 5.41 Å². The molecule has 3 heterocycles. The van der Waals surface area contributed by atoms with Gasteiger partial charge in [-0.1, -0.05) is 127 Å². The van der Waals surface area contributed by atoms with Crippen LogP contribution in [0.25, 0.3) is 69.6 Å². The molecule has 1 aliphatic heterocycles. The fraction of sp³-hybridized carbons (Fsp3) is 0.0213. The lowest BCUT2D eigenvalue weighted by molar-refractivity contribution is 0.437. The SMILES string of the molecule is c1ccc2c(c1)Oc1cc3c4ccc5ccccc5c4n(-c4ccc5c(c4)sc4ccccc45)c3cc1C21c2ccccc2-c2ccccc21. The summed E-state index contributed by atoms with van der Waals surface area (Å²) in [5.74, 6) is 1.82. The fourth-order valence-corrected chi connectivity index (χ4v) is 10.4. The van der Waals surface area contributed by atoms with Crippen LogP contribution in [0, 0.1) is 0 Å². The van der Waals surface area contributed by atoms with Gasteiger partial charge < -0.3 is 9.30 Å². The number of hydrogen-bond donors (Lipinski definition) is 0. The minimum atomic E-state index is -0.523. The summed E-state index contributed by atoms with van der Waals surface area (Å²) in [6.45, 7) is 0. The Morgan fingerprint density at radius 3 is 1.94 bits per heavy atom. The Morgan fingerprint density at radius 2 is 1.10 bits per heavy atom. The molecule has 12 rings (SSSR count). The second-order valence-electron chi connectivity index (χ2n) is 13.6. The number of ether oxygens (including phenoxy) is 1. The third-order valence-corrected chi connectivity index (χ3v) is 12.4. The average molecular weight is 654 g/mol. The van der Waals surface area contributed by atoms with Crippen molar-refractivity contribution in [3.8, 4) is 28.3 Å². The maximum atomic E-state index is 6.94. The van der Waals surface area contributed by atoms with Crippen LogP contribution in [0.4, 0.5) is 0 Å². The van der Waals surface area contributed by atoms with E-state index in [1.807, 2.05) is 11.3 Å². The third kappa shape index (κ3) is 3.24. The average Bonchev–Trinajstić information content (AvgIpc) is 3.81. The highest BCUT2D eigenvalue weighted by Crippen LogP contribution is 2.62. The number of fused-ring (bicyclic) bond motifs is 17. The van der Waals surface area contributed by atoms with E-state index < -0.39 is 5.41 Å². The standard InChI is InChI=1S/C47H27NOS/c1-2-12-30-28(11-1)21-23-35-36-26-43-40(27-41(36)48(46(30)35)29-22-24-34-33-15-5-10-20-44(33)50-45(34)25-29)47(39-18-8-9-19-42(39)49-43)37-16-6-3-13-31(37)32-14-4-7-17-38(32)47/h1-27H. The molecule has 8 aromatic carbocycles. The number of benzene rings is 8. The molecule has 0 N–H and O–H groups in total. The van der Waals surface area contributed by atoms with E-state index in [4.69, 9.17) is 4.74 Å². The summed E-state index contributed by atoms with van der Waals surface area (Å²) >= 11 is 1.87. The van der Waals surface area contributed by atoms with Crippen LogP contribution in [0.15, 0.2) is 164 Å². The molecule has 0 saturated heterocycles. The summed E-state index contributed by atoms with van der Waals surface area (Å²) in [7, 11) is 0. The van der Waals surface area contributed by atoms with Crippen LogP contribution in [-0.4, -0.2) is 4.57 Å². The van der Waals surface area contributed by atoms with Crippen molar-refractivity contribution in [1.29, 1.82) is 0 Å². The quantitative estimate of drug-likeness (QED) is 0.172. The van der Waals surface area contributed by atoms with Crippen LogP contribution in [0.5, 0.6) is 11.5 Å². The first-order chi connectivity index (χ1) is 24.8. The lowest BCUT2D eigenvalue weighted by Crippen LogP contribution is -2.32. The van der Waals surface area contributed by atoms with E-state index in [-0.39, 0.29) is 0 Å². The van der Waals surface area contributed by atoms with Gasteiger partial charge in [0.25, 0.3) is 0 Å². The van der Waals surface area contributed by atoms with Crippen LogP contribution < -0.4 is 4.74 Å². The van der Waals surface area contributed by atoms with Crippen molar-refractivity contribution < 1.29 is 4.74 Å². The number of thiophene rings is 1. The molecule has 0 atom stereocenters. The van der Waals surface area contributed by atoms with Gasteiger partial charge in [0.05, 0.1) is 16.4 Å². The highest BCUT2D eigenvalue weighted by atomic mass is 32.1. The molecule has 0 unspecified atom stereocenters. The topological polar surface area (TPSA) is 14.2 Å². The van der Waals surface area contributed by atoms with Gasteiger partial charge in [-0.25, -0.2) is 0 Å². The second-order valence-corrected chi connectivity index (χ2v) is 14.7. The van der Waals surface area contributed by atoms with Crippen molar-refractivity contribution in [3.63, 3.8) is 0 Å². The normalized spacial score (nSPS) is 13.9. The van der Waals surface area contributed by atoms with Crippen molar-refractivity contribution >= 4 is 64.1 Å². The van der Waals surface area contributed by atoms with E-state index in [2.05, 4.69) is 168 Å².